The Morgan fingerprint density at radius 3 is 2.79 bits per heavy atom. The molecule has 2 rings (SSSR count). The van der Waals surface area contributed by atoms with E-state index in [0.29, 0.717) is 5.56 Å². The molecule has 0 aliphatic rings. The van der Waals surface area contributed by atoms with Crippen molar-refractivity contribution in [2.75, 3.05) is 7.11 Å². The number of ether oxygens (including phenoxy) is 1. The summed E-state index contributed by atoms with van der Waals surface area (Å²) in [6.45, 7) is 0.151. The van der Waals surface area contributed by atoms with Crippen LogP contribution < -0.4 is 10.3 Å². The third-order valence-electron chi connectivity index (χ3n) is 2.51. The molecule has 100 valence electrons. The Labute approximate surface area is 118 Å². The van der Waals surface area contributed by atoms with Crippen molar-refractivity contribution < 1.29 is 9.13 Å². The van der Waals surface area contributed by atoms with Crippen LogP contribution in [-0.4, -0.2) is 16.7 Å². The molecule has 0 aliphatic carbocycles. The first-order chi connectivity index (χ1) is 9.02. The molecule has 2 aromatic rings. The van der Waals surface area contributed by atoms with Gasteiger partial charge in [0.05, 0.1) is 20.0 Å². The third-order valence-corrected chi connectivity index (χ3v) is 3.13. The third kappa shape index (κ3) is 2.88. The summed E-state index contributed by atoms with van der Waals surface area (Å²) >= 11 is 11.6. The summed E-state index contributed by atoms with van der Waals surface area (Å²) in [7, 11) is 1.33. The molecule has 0 spiro atoms. The highest BCUT2D eigenvalue weighted by atomic mass is 35.5. The van der Waals surface area contributed by atoms with Gasteiger partial charge in [0, 0.05) is 5.02 Å². The number of methoxy groups -OCH3 is 1. The maximum atomic E-state index is 12.9. The van der Waals surface area contributed by atoms with E-state index in [1.54, 1.807) is 0 Å². The number of halogens is 3. The monoisotopic (exact) mass is 302 g/mol. The summed E-state index contributed by atoms with van der Waals surface area (Å²) in [5, 5.41) is 0.231. The quantitative estimate of drug-likeness (QED) is 0.819. The van der Waals surface area contributed by atoms with Gasteiger partial charge in [-0.3, -0.25) is 9.36 Å². The Hall–Kier alpha value is -1.59. The van der Waals surface area contributed by atoms with Gasteiger partial charge >= 0.3 is 0 Å². The Balaban J connectivity index is 2.42. The lowest BCUT2D eigenvalue weighted by molar-refractivity contribution is 0.401. The average Bonchev–Trinajstić information content (AvgIpc) is 2.36. The molecular formula is C12H9Cl2FN2O2. The Kier molecular flexibility index (Phi) is 4.07. The van der Waals surface area contributed by atoms with Crippen molar-refractivity contribution in [1.29, 1.82) is 0 Å². The van der Waals surface area contributed by atoms with Gasteiger partial charge in [-0.25, -0.2) is 9.37 Å². The fraction of sp³-hybridized carbons (Fsp3) is 0.167. The minimum atomic E-state index is -0.437. The zero-order valence-electron chi connectivity index (χ0n) is 9.86. The zero-order chi connectivity index (χ0) is 14.0. The van der Waals surface area contributed by atoms with Gasteiger partial charge in [-0.2, -0.15) is 0 Å². The van der Waals surface area contributed by atoms with E-state index < -0.39 is 11.4 Å². The summed E-state index contributed by atoms with van der Waals surface area (Å²) in [5.41, 5.74) is 0.166. The highest BCUT2D eigenvalue weighted by molar-refractivity contribution is 6.31. The SMILES string of the molecule is COc1c(Cl)ncn(Cc2ccc(F)cc2Cl)c1=O. The molecule has 0 unspecified atom stereocenters. The summed E-state index contributed by atoms with van der Waals surface area (Å²) in [4.78, 5) is 15.8. The molecule has 7 heteroatoms. The van der Waals surface area contributed by atoms with Gasteiger partial charge in [0.25, 0.3) is 5.56 Å². The smallest absolute Gasteiger partial charge is 0.297 e. The fourth-order valence-corrected chi connectivity index (χ4v) is 2.00. The summed E-state index contributed by atoms with van der Waals surface area (Å²) in [6, 6.07) is 3.96. The molecule has 0 N–H and O–H groups in total. The first-order valence-electron chi connectivity index (χ1n) is 5.25. The van der Waals surface area contributed by atoms with E-state index in [-0.39, 0.29) is 22.5 Å². The van der Waals surface area contributed by atoms with Crippen molar-refractivity contribution >= 4 is 23.2 Å². The number of rotatable bonds is 3. The summed E-state index contributed by atoms with van der Waals surface area (Å²) < 4.78 is 19.1. The van der Waals surface area contributed by atoms with E-state index in [0.717, 1.165) is 0 Å². The molecule has 1 aromatic carbocycles. The van der Waals surface area contributed by atoms with Crippen LogP contribution in [0, 0.1) is 5.82 Å². The first kappa shape index (κ1) is 13.8. The number of aromatic nitrogens is 2. The molecule has 0 radical (unpaired) electrons. The van der Waals surface area contributed by atoms with Gasteiger partial charge in [-0.05, 0) is 17.7 Å². The van der Waals surface area contributed by atoms with Gasteiger partial charge in [0.1, 0.15) is 5.82 Å². The fourth-order valence-electron chi connectivity index (χ4n) is 1.57. The van der Waals surface area contributed by atoms with E-state index in [4.69, 9.17) is 27.9 Å². The maximum Gasteiger partial charge on any atom is 0.297 e. The zero-order valence-corrected chi connectivity index (χ0v) is 11.4. The predicted octanol–water partition coefficient (Wildman–Crippen LogP) is 2.75. The highest BCUT2D eigenvalue weighted by Crippen LogP contribution is 2.19. The minimum Gasteiger partial charge on any atom is -0.489 e. The van der Waals surface area contributed by atoms with Crippen LogP contribution in [0.15, 0.2) is 29.3 Å². The minimum absolute atomic E-state index is 0.00560. The van der Waals surface area contributed by atoms with Crippen LogP contribution in [0.25, 0.3) is 0 Å². The van der Waals surface area contributed by atoms with E-state index in [9.17, 15) is 9.18 Å². The second kappa shape index (κ2) is 5.59. The van der Waals surface area contributed by atoms with E-state index >= 15 is 0 Å². The average molecular weight is 303 g/mol. The molecule has 0 bridgehead atoms. The molecule has 0 aliphatic heterocycles. The van der Waals surface area contributed by atoms with Crippen LogP contribution in [0.2, 0.25) is 10.2 Å². The molecule has 4 nitrogen and oxygen atoms in total. The van der Waals surface area contributed by atoms with E-state index in [1.807, 2.05) is 0 Å². The highest BCUT2D eigenvalue weighted by Gasteiger charge is 2.11. The second-order valence-corrected chi connectivity index (χ2v) is 4.50. The number of benzene rings is 1. The van der Waals surface area contributed by atoms with Crippen molar-refractivity contribution in [3.05, 3.63) is 56.4 Å². The van der Waals surface area contributed by atoms with Crippen molar-refractivity contribution in [2.45, 2.75) is 6.54 Å². The maximum absolute atomic E-state index is 12.9. The molecule has 1 heterocycles. The van der Waals surface area contributed by atoms with Crippen LogP contribution >= 0.6 is 23.2 Å². The lowest BCUT2D eigenvalue weighted by atomic mass is 10.2. The van der Waals surface area contributed by atoms with Crippen LogP contribution in [-0.2, 0) is 6.54 Å². The van der Waals surface area contributed by atoms with Crippen LogP contribution in [0.4, 0.5) is 4.39 Å². The van der Waals surface area contributed by atoms with Gasteiger partial charge in [-0.1, -0.05) is 29.3 Å². The molecule has 1 aromatic heterocycles. The van der Waals surface area contributed by atoms with E-state index in [1.165, 1.54) is 36.2 Å². The van der Waals surface area contributed by atoms with Crippen molar-refractivity contribution in [3.8, 4) is 5.75 Å². The van der Waals surface area contributed by atoms with Gasteiger partial charge in [-0.15, -0.1) is 0 Å². The molecule has 0 fully saturated rings. The molecular weight excluding hydrogens is 294 g/mol. The van der Waals surface area contributed by atoms with Crippen LogP contribution in [0.1, 0.15) is 5.56 Å². The Morgan fingerprint density at radius 2 is 2.16 bits per heavy atom. The molecule has 19 heavy (non-hydrogen) atoms. The lowest BCUT2D eigenvalue weighted by Gasteiger charge is -2.09. The number of nitrogens with zero attached hydrogens (tertiary/aromatic N) is 2. The molecule has 0 saturated heterocycles. The van der Waals surface area contributed by atoms with Crippen LogP contribution in [0.3, 0.4) is 0 Å². The summed E-state index contributed by atoms with van der Waals surface area (Å²) in [5.74, 6) is -0.477. The Bertz CT molecular complexity index is 673. The first-order valence-corrected chi connectivity index (χ1v) is 6.01. The normalized spacial score (nSPS) is 10.5. The van der Waals surface area contributed by atoms with Gasteiger partial charge in [0.15, 0.2) is 5.15 Å². The van der Waals surface area contributed by atoms with Crippen molar-refractivity contribution in [1.82, 2.24) is 9.55 Å². The Morgan fingerprint density at radius 1 is 1.42 bits per heavy atom. The van der Waals surface area contributed by atoms with Crippen molar-refractivity contribution in [2.24, 2.45) is 0 Å². The molecule has 0 atom stereocenters. The van der Waals surface area contributed by atoms with E-state index in [2.05, 4.69) is 4.98 Å². The predicted molar refractivity (Wildman–Crippen MR) is 70.6 cm³/mol. The van der Waals surface area contributed by atoms with Crippen LogP contribution in [0.5, 0.6) is 5.75 Å². The summed E-state index contributed by atoms with van der Waals surface area (Å²) in [6.07, 6.45) is 1.28. The second-order valence-electron chi connectivity index (χ2n) is 3.74. The number of hydrogen-bond acceptors (Lipinski definition) is 3. The lowest BCUT2D eigenvalue weighted by Crippen LogP contribution is -2.22. The molecule has 0 saturated carbocycles. The van der Waals surface area contributed by atoms with Gasteiger partial charge in [0.2, 0.25) is 5.75 Å². The van der Waals surface area contributed by atoms with Crippen molar-refractivity contribution in [3.63, 3.8) is 0 Å². The number of hydrogen-bond donors (Lipinski definition) is 0. The standard InChI is InChI=1S/C12H9Cl2FN2O2/c1-19-10-11(14)16-6-17(12(10)18)5-7-2-3-8(15)4-9(7)13/h2-4,6H,5H2,1H3. The largest absolute Gasteiger partial charge is 0.489 e. The topological polar surface area (TPSA) is 44.1 Å². The molecule has 0 amide bonds. The van der Waals surface area contributed by atoms with Gasteiger partial charge < -0.3 is 4.74 Å².